The molecule has 0 amide bonds. The quantitative estimate of drug-likeness (QED) is 0.771. The van der Waals surface area contributed by atoms with Crippen molar-refractivity contribution in [2.75, 3.05) is 37.7 Å². The summed E-state index contributed by atoms with van der Waals surface area (Å²) in [7, 11) is 0. The second kappa shape index (κ2) is 5.56. The van der Waals surface area contributed by atoms with Gasteiger partial charge in [0, 0.05) is 55.9 Å². The number of ketones is 1. The summed E-state index contributed by atoms with van der Waals surface area (Å²) in [5, 5.41) is 3.35. The lowest BCUT2D eigenvalue weighted by Crippen LogP contribution is -2.37. The molecule has 0 bridgehead atoms. The molecule has 0 spiro atoms. The van der Waals surface area contributed by atoms with Crippen molar-refractivity contribution >= 4 is 17.5 Å². The van der Waals surface area contributed by atoms with Crippen LogP contribution in [-0.2, 0) is 4.79 Å². The maximum absolute atomic E-state index is 11.0. The number of nitrogens with one attached hydrogen (secondary N) is 1. The van der Waals surface area contributed by atoms with Crippen LogP contribution in [0.1, 0.15) is 12.8 Å². The van der Waals surface area contributed by atoms with Gasteiger partial charge in [0.15, 0.2) is 5.78 Å². The third kappa shape index (κ3) is 3.54. The molecule has 2 rings (SSSR count). The van der Waals surface area contributed by atoms with Crippen molar-refractivity contribution in [2.45, 2.75) is 12.8 Å². The molecule has 0 aromatic carbocycles. The number of hydrogen-bond donors (Lipinski definition) is 1. The molecule has 4 heteroatoms. The van der Waals surface area contributed by atoms with Crippen LogP contribution in [0.4, 0.5) is 0 Å². The molecule has 1 aliphatic carbocycles. The standard InChI is InChI=1S/C11H18N2OS/c14-11-2-1-10(9-11)12-3-4-13-5-7-15-8-6-13/h9,12H,1-8H2. The molecule has 0 saturated carbocycles. The molecular formula is C11H18N2OS. The lowest BCUT2D eigenvalue weighted by molar-refractivity contribution is -0.114. The average molecular weight is 226 g/mol. The minimum atomic E-state index is 0.270. The molecule has 1 aliphatic heterocycles. The molecule has 84 valence electrons. The number of thioether (sulfide) groups is 1. The summed E-state index contributed by atoms with van der Waals surface area (Å²) in [5.74, 6) is 2.80. The van der Waals surface area contributed by atoms with Crippen LogP contribution in [-0.4, -0.2) is 48.4 Å². The fraction of sp³-hybridized carbons (Fsp3) is 0.727. The van der Waals surface area contributed by atoms with E-state index in [2.05, 4.69) is 10.2 Å². The van der Waals surface area contributed by atoms with Crippen molar-refractivity contribution in [3.63, 3.8) is 0 Å². The van der Waals surface area contributed by atoms with E-state index in [1.165, 1.54) is 24.6 Å². The van der Waals surface area contributed by atoms with Crippen molar-refractivity contribution in [2.24, 2.45) is 0 Å². The Morgan fingerprint density at radius 3 is 2.80 bits per heavy atom. The van der Waals surface area contributed by atoms with Crippen molar-refractivity contribution in [1.29, 1.82) is 0 Å². The summed E-state index contributed by atoms with van der Waals surface area (Å²) >= 11 is 2.04. The highest BCUT2D eigenvalue weighted by atomic mass is 32.2. The number of rotatable bonds is 4. The molecule has 1 N–H and O–H groups in total. The third-order valence-electron chi connectivity index (χ3n) is 2.86. The summed E-state index contributed by atoms with van der Waals surface area (Å²) in [4.78, 5) is 13.5. The van der Waals surface area contributed by atoms with Crippen LogP contribution in [0, 0.1) is 0 Å². The Morgan fingerprint density at radius 2 is 2.13 bits per heavy atom. The Morgan fingerprint density at radius 1 is 1.33 bits per heavy atom. The van der Waals surface area contributed by atoms with Crippen molar-refractivity contribution in [3.05, 3.63) is 11.8 Å². The molecule has 1 fully saturated rings. The van der Waals surface area contributed by atoms with Gasteiger partial charge in [-0.15, -0.1) is 0 Å². The Balaban J connectivity index is 1.62. The van der Waals surface area contributed by atoms with Crippen LogP contribution in [0.5, 0.6) is 0 Å². The van der Waals surface area contributed by atoms with Gasteiger partial charge in [-0.25, -0.2) is 0 Å². The predicted octanol–water partition coefficient (Wildman–Crippen LogP) is 0.872. The molecular weight excluding hydrogens is 208 g/mol. The molecule has 0 atom stereocenters. The Labute approximate surface area is 95.3 Å². The maximum Gasteiger partial charge on any atom is 0.157 e. The second-order valence-electron chi connectivity index (χ2n) is 4.02. The van der Waals surface area contributed by atoms with E-state index >= 15 is 0 Å². The molecule has 0 radical (unpaired) electrons. The smallest absolute Gasteiger partial charge is 0.157 e. The van der Waals surface area contributed by atoms with Crippen LogP contribution >= 0.6 is 11.8 Å². The van der Waals surface area contributed by atoms with E-state index in [-0.39, 0.29) is 5.78 Å². The van der Waals surface area contributed by atoms with Gasteiger partial charge in [0.05, 0.1) is 0 Å². The first-order chi connectivity index (χ1) is 7.34. The van der Waals surface area contributed by atoms with E-state index in [0.29, 0.717) is 6.42 Å². The maximum atomic E-state index is 11.0. The van der Waals surface area contributed by atoms with Gasteiger partial charge in [-0.2, -0.15) is 11.8 Å². The zero-order chi connectivity index (χ0) is 10.5. The summed E-state index contributed by atoms with van der Waals surface area (Å²) in [6.45, 7) is 4.50. The first-order valence-corrected chi connectivity index (χ1v) is 6.77. The number of nitrogens with zero attached hydrogens (tertiary/aromatic N) is 1. The number of carbonyl (C=O) groups is 1. The van der Waals surface area contributed by atoms with Gasteiger partial charge in [0.2, 0.25) is 0 Å². The SMILES string of the molecule is O=C1C=C(NCCN2CCSCC2)CC1. The van der Waals surface area contributed by atoms with E-state index in [1.54, 1.807) is 6.08 Å². The highest BCUT2D eigenvalue weighted by Gasteiger charge is 2.12. The van der Waals surface area contributed by atoms with E-state index < -0.39 is 0 Å². The van der Waals surface area contributed by atoms with Gasteiger partial charge in [-0.05, 0) is 6.42 Å². The Kier molecular flexibility index (Phi) is 4.09. The molecule has 0 unspecified atom stereocenters. The molecule has 1 heterocycles. The minimum Gasteiger partial charge on any atom is -0.387 e. The fourth-order valence-electron chi connectivity index (χ4n) is 1.94. The zero-order valence-electron chi connectivity index (χ0n) is 9.00. The average Bonchev–Trinajstić information content (AvgIpc) is 2.66. The van der Waals surface area contributed by atoms with E-state index in [0.717, 1.165) is 25.2 Å². The molecule has 3 nitrogen and oxygen atoms in total. The Bertz CT molecular complexity index is 259. The molecule has 0 aromatic rings. The van der Waals surface area contributed by atoms with Gasteiger partial charge >= 0.3 is 0 Å². The van der Waals surface area contributed by atoms with E-state index in [1.807, 2.05) is 11.8 Å². The number of hydrogen-bond acceptors (Lipinski definition) is 4. The fourth-order valence-corrected chi connectivity index (χ4v) is 2.91. The van der Waals surface area contributed by atoms with Crippen molar-refractivity contribution in [1.82, 2.24) is 10.2 Å². The summed E-state index contributed by atoms with van der Waals surface area (Å²) in [6, 6.07) is 0. The summed E-state index contributed by atoms with van der Waals surface area (Å²) < 4.78 is 0. The highest BCUT2D eigenvalue weighted by molar-refractivity contribution is 7.99. The van der Waals surface area contributed by atoms with Gasteiger partial charge in [0.25, 0.3) is 0 Å². The minimum absolute atomic E-state index is 0.270. The zero-order valence-corrected chi connectivity index (χ0v) is 9.81. The topological polar surface area (TPSA) is 32.3 Å². The highest BCUT2D eigenvalue weighted by Crippen LogP contribution is 2.12. The first-order valence-electron chi connectivity index (χ1n) is 5.62. The van der Waals surface area contributed by atoms with Crippen LogP contribution in [0.15, 0.2) is 11.8 Å². The molecule has 1 saturated heterocycles. The lowest BCUT2D eigenvalue weighted by atomic mass is 10.3. The predicted molar refractivity (Wildman–Crippen MR) is 64.1 cm³/mol. The summed E-state index contributed by atoms with van der Waals surface area (Å²) in [6.07, 6.45) is 3.36. The molecule has 2 aliphatic rings. The van der Waals surface area contributed by atoms with Crippen LogP contribution in [0.25, 0.3) is 0 Å². The number of carbonyl (C=O) groups excluding carboxylic acids is 1. The van der Waals surface area contributed by atoms with Gasteiger partial charge in [-0.1, -0.05) is 0 Å². The first kappa shape index (κ1) is 11.0. The second-order valence-corrected chi connectivity index (χ2v) is 5.24. The van der Waals surface area contributed by atoms with Crippen LogP contribution in [0.3, 0.4) is 0 Å². The largest absolute Gasteiger partial charge is 0.387 e. The van der Waals surface area contributed by atoms with Crippen molar-refractivity contribution < 1.29 is 4.79 Å². The normalized spacial score (nSPS) is 22.9. The molecule has 15 heavy (non-hydrogen) atoms. The Hall–Kier alpha value is -0.480. The van der Waals surface area contributed by atoms with Gasteiger partial charge < -0.3 is 5.32 Å². The third-order valence-corrected chi connectivity index (χ3v) is 3.80. The van der Waals surface area contributed by atoms with Crippen molar-refractivity contribution in [3.8, 4) is 0 Å². The van der Waals surface area contributed by atoms with E-state index in [4.69, 9.17) is 0 Å². The van der Waals surface area contributed by atoms with Crippen LogP contribution in [0.2, 0.25) is 0 Å². The summed E-state index contributed by atoms with van der Waals surface area (Å²) in [5.41, 5.74) is 1.13. The van der Waals surface area contributed by atoms with Crippen LogP contribution < -0.4 is 5.32 Å². The monoisotopic (exact) mass is 226 g/mol. The number of allylic oxidation sites excluding steroid dienone is 2. The van der Waals surface area contributed by atoms with Gasteiger partial charge in [-0.3, -0.25) is 9.69 Å². The lowest BCUT2D eigenvalue weighted by Gasteiger charge is -2.26. The van der Waals surface area contributed by atoms with E-state index in [9.17, 15) is 4.79 Å². The molecule has 0 aromatic heterocycles. The van der Waals surface area contributed by atoms with Gasteiger partial charge in [0.1, 0.15) is 0 Å².